The zero-order chi connectivity index (χ0) is 15.4. The van der Waals surface area contributed by atoms with Crippen molar-refractivity contribution in [1.82, 2.24) is 4.90 Å². The minimum absolute atomic E-state index is 0.184. The molecule has 0 aromatic heterocycles. The number of Topliss-reactive ketones (excluding diaryl/α,β-unsaturated/α-hetero) is 1. The van der Waals surface area contributed by atoms with Gasteiger partial charge >= 0.3 is 6.09 Å². The monoisotopic (exact) mass is 290 g/mol. The highest BCUT2D eigenvalue weighted by molar-refractivity contribution is 5.76. The number of carbonyl (C=O) groups excluding carboxylic acids is 2. The number of amides is 1. The Balaban J connectivity index is 2.18. The molecule has 0 saturated heterocycles. The molecule has 0 bridgehead atoms. The summed E-state index contributed by atoms with van der Waals surface area (Å²) >= 11 is 0. The van der Waals surface area contributed by atoms with E-state index in [0.29, 0.717) is 18.7 Å². The molecule has 5 nitrogen and oxygen atoms in total. The minimum atomic E-state index is -0.358. The number of hydrogen-bond acceptors (Lipinski definition) is 4. The Morgan fingerprint density at radius 2 is 2.19 bits per heavy atom. The fourth-order valence-corrected chi connectivity index (χ4v) is 2.47. The van der Waals surface area contributed by atoms with Crippen LogP contribution in [0.25, 0.3) is 0 Å². The molecule has 1 aliphatic heterocycles. The van der Waals surface area contributed by atoms with Crippen LogP contribution in [0.5, 0.6) is 5.75 Å². The maximum atomic E-state index is 11.9. The molecule has 1 atom stereocenters. The van der Waals surface area contributed by atoms with E-state index in [2.05, 4.69) is 5.32 Å². The van der Waals surface area contributed by atoms with Crippen LogP contribution in [0.1, 0.15) is 38.2 Å². The van der Waals surface area contributed by atoms with Gasteiger partial charge < -0.3 is 19.7 Å². The quantitative estimate of drug-likeness (QED) is 0.905. The van der Waals surface area contributed by atoms with Crippen molar-refractivity contribution in [2.75, 3.05) is 25.5 Å². The summed E-state index contributed by atoms with van der Waals surface area (Å²) in [6, 6.07) is 5.66. The summed E-state index contributed by atoms with van der Waals surface area (Å²) in [5.74, 6) is 0.986. The standard InChI is InChI=1S/C16H22N2O3/c1-4-18(3)16(20)21-14-7-5-6-13-15(14)12(10-17-13)9-8-11(2)19/h5-7,12,17H,4,8-10H2,1-3H3. The van der Waals surface area contributed by atoms with Gasteiger partial charge in [0.2, 0.25) is 0 Å². The third-order valence-corrected chi connectivity index (χ3v) is 3.84. The number of ether oxygens (including phenoxy) is 1. The van der Waals surface area contributed by atoms with Gasteiger partial charge in [-0.1, -0.05) is 6.07 Å². The molecule has 21 heavy (non-hydrogen) atoms. The Bertz CT molecular complexity index is 542. The van der Waals surface area contributed by atoms with Gasteiger partial charge in [-0.15, -0.1) is 0 Å². The highest BCUT2D eigenvalue weighted by atomic mass is 16.6. The van der Waals surface area contributed by atoms with Crippen molar-refractivity contribution in [3.63, 3.8) is 0 Å². The fraction of sp³-hybridized carbons (Fsp3) is 0.500. The van der Waals surface area contributed by atoms with Crippen LogP contribution in [-0.4, -0.2) is 36.9 Å². The highest BCUT2D eigenvalue weighted by Gasteiger charge is 2.27. The van der Waals surface area contributed by atoms with E-state index < -0.39 is 0 Å². The number of benzene rings is 1. The third kappa shape index (κ3) is 3.54. The number of ketones is 1. The first-order chi connectivity index (χ1) is 10.0. The molecule has 0 saturated carbocycles. The molecular weight excluding hydrogens is 268 g/mol. The van der Waals surface area contributed by atoms with E-state index in [1.165, 1.54) is 4.90 Å². The van der Waals surface area contributed by atoms with Crippen LogP contribution in [0.3, 0.4) is 0 Å². The lowest BCUT2D eigenvalue weighted by atomic mass is 9.94. The second-order valence-corrected chi connectivity index (χ2v) is 5.42. The molecule has 1 aromatic carbocycles. The van der Waals surface area contributed by atoms with Gasteiger partial charge in [-0.25, -0.2) is 4.79 Å². The van der Waals surface area contributed by atoms with E-state index in [9.17, 15) is 9.59 Å². The molecule has 1 heterocycles. The maximum Gasteiger partial charge on any atom is 0.414 e. The van der Waals surface area contributed by atoms with Gasteiger partial charge in [0.1, 0.15) is 11.5 Å². The number of nitrogens with one attached hydrogen (secondary N) is 1. The molecule has 114 valence electrons. The largest absolute Gasteiger partial charge is 0.414 e. The summed E-state index contributed by atoms with van der Waals surface area (Å²) in [4.78, 5) is 24.7. The highest BCUT2D eigenvalue weighted by Crippen LogP contribution is 2.40. The van der Waals surface area contributed by atoms with Crippen LogP contribution in [0.15, 0.2) is 18.2 Å². The van der Waals surface area contributed by atoms with Gasteiger partial charge in [0.15, 0.2) is 0 Å². The summed E-state index contributed by atoms with van der Waals surface area (Å²) in [5, 5.41) is 3.31. The van der Waals surface area contributed by atoms with E-state index in [4.69, 9.17) is 4.74 Å². The van der Waals surface area contributed by atoms with E-state index in [-0.39, 0.29) is 17.8 Å². The van der Waals surface area contributed by atoms with Crippen molar-refractivity contribution in [3.8, 4) is 5.75 Å². The smallest absolute Gasteiger partial charge is 0.410 e. The van der Waals surface area contributed by atoms with Gasteiger partial charge in [0.25, 0.3) is 0 Å². The normalized spacial score (nSPS) is 16.0. The van der Waals surface area contributed by atoms with Gasteiger partial charge in [-0.05, 0) is 32.4 Å². The molecule has 1 aliphatic rings. The summed E-state index contributed by atoms with van der Waals surface area (Å²) in [6.07, 6.45) is 0.958. The Labute approximate surface area is 125 Å². The number of anilines is 1. The number of nitrogens with zero attached hydrogens (tertiary/aromatic N) is 1. The number of fused-ring (bicyclic) bond motifs is 1. The van der Waals surface area contributed by atoms with E-state index in [1.807, 2.05) is 25.1 Å². The molecular formula is C16H22N2O3. The van der Waals surface area contributed by atoms with Crippen LogP contribution < -0.4 is 10.1 Å². The second-order valence-electron chi connectivity index (χ2n) is 5.42. The third-order valence-electron chi connectivity index (χ3n) is 3.84. The first kappa shape index (κ1) is 15.4. The Hall–Kier alpha value is -2.04. The first-order valence-electron chi connectivity index (χ1n) is 7.32. The molecule has 1 amide bonds. The average molecular weight is 290 g/mol. The van der Waals surface area contributed by atoms with E-state index in [1.54, 1.807) is 14.0 Å². The summed E-state index contributed by atoms with van der Waals surface area (Å²) in [6.45, 7) is 4.87. The summed E-state index contributed by atoms with van der Waals surface area (Å²) < 4.78 is 5.51. The minimum Gasteiger partial charge on any atom is -0.410 e. The molecule has 0 fully saturated rings. The van der Waals surface area contributed by atoms with Crippen LogP contribution in [0.2, 0.25) is 0 Å². The number of hydrogen-bond donors (Lipinski definition) is 1. The predicted molar refractivity (Wildman–Crippen MR) is 81.9 cm³/mol. The Kier molecular flexibility index (Phi) is 4.83. The summed E-state index contributed by atoms with van der Waals surface area (Å²) in [5.41, 5.74) is 2.00. The van der Waals surface area contributed by atoms with Crippen LogP contribution in [0.4, 0.5) is 10.5 Å². The topological polar surface area (TPSA) is 58.6 Å². The number of rotatable bonds is 5. The van der Waals surface area contributed by atoms with Crippen molar-refractivity contribution in [2.45, 2.75) is 32.6 Å². The van der Waals surface area contributed by atoms with Crippen LogP contribution in [-0.2, 0) is 4.79 Å². The molecule has 1 unspecified atom stereocenters. The molecule has 2 rings (SSSR count). The number of carbonyl (C=O) groups is 2. The summed E-state index contributed by atoms with van der Waals surface area (Å²) in [7, 11) is 1.71. The average Bonchev–Trinajstić information content (AvgIpc) is 2.88. The van der Waals surface area contributed by atoms with Gasteiger partial charge in [0, 0.05) is 43.7 Å². The van der Waals surface area contributed by atoms with Crippen molar-refractivity contribution in [3.05, 3.63) is 23.8 Å². The van der Waals surface area contributed by atoms with Crippen molar-refractivity contribution in [1.29, 1.82) is 0 Å². The SMILES string of the molecule is CCN(C)C(=O)Oc1cccc2c1C(CCC(C)=O)CN2. The molecule has 0 radical (unpaired) electrons. The second kappa shape index (κ2) is 6.61. The van der Waals surface area contributed by atoms with Crippen molar-refractivity contribution in [2.24, 2.45) is 0 Å². The van der Waals surface area contributed by atoms with Crippen molar-refractivity contribution < 1.29 is 14.3 Å². The first-order valence-corrected chi connectivity index (χ1v) is 7.32. The molecule has 5 heteroatoms. The zero-order valence-corrected chi connectivity index (χ0v) is 12.8. The lowest BCUT2D eigenvalue weighted by Crippen LogP contribution is -2.29. The fourth-order valence-electron chi connectivity index (χ4n) is 2.47. The zero-order valence-electron chi connectivity index (χ0n) is 12.8. The van der Waals surface area contributed by atoms with Crippen LogP contribution >= 0.6 is 0 Å². The van der Waals surface area contributed by atoms with E-state index in [0.717, 1.165) is 24.2 Å². The predicted octanol–water partition coefficient (Wildman–Crippen LogP) is 3.02. The molecule has 1 N–H and O–H groups in total. The maximum absolute atomic E-state index is 11.9. The molecule has 1 aromatic rings. The van der Waals surface area contributed by atoms with Gasteiger partial charge in [-0.2, -0.15) is 0 Å². The molecule has 0 aliphatic carbocycles. The van der Waals surface area contributed by atoms with Crippen molar-refractivity contribution >= 4 is 17.6 Å². The van der Waals surface area contributed by atoms with Gasteiger partial charge in [0.05, 0.1) is 0 Å². The van der Waals surface area contributed by atoms with Gasteiger partial charge in [-0.3, -0.25) is 0 Å². The molecule has 0 spiro atoms. The van der Waals surface area contributed by atoms with Crippen LogP contribution in [0, 0.1) is 0 Å². The Morgan fingerprint density at radius 1 is 1.43 bits per heavy atom. The Morgan fingerprint density at radius 3 is 2.86 bits per heavy atom. The van der Waals surface area contributed by atoms with E-state index >= 15 is 0 Å². The lowest BCUT2D eigenvalue weighted by molar-refractivity contribution is -0.117. The lowest BCUT2D eigenvalue weighted by Gasteiger charge is -2.18.